The molecule has 28 heavy (non-hydrogen) atoms. The third-order valence-corrected chi connectivity index (χ3v) is 7.58. The van der Waals surface area contributed by atoms with Crippen LogP contribution >= 0.6 is 0 Å². The van der Waals surface area contributed by atoms with Crippen LogP contribution in [0.3, 0.4) is 0 Å². The van der Waals surface area contributed by atoms with Gasteiger partial charge in [0.1, 0.15) is 4.90 Å². The topological polar surface area (TPSA) is 81.0 Å². The van der Waals surface area contributed by atoms with Crippen molar-refractivity contribution in [2.45, 2.75) is 49.7 Å². The molecule has 0 amide bonds. The van der Waals surface area contributed by atoms with Crippen LogP contribution in [0.15, 0.2) is 53.8 Å². The van der Waals surface area contributed by atoms with Crippen LogP contribution in [0.5, 0.6) is 0 Å². The van der Waals surface area contributed by atoms with E-state index < -0.39 is 10.0 Å². The van der Waals surface area contributed by atoms with E-state index in [2.05, 4.69) is 10.1 Å². The maximum atomic E-state index is 13.3. The van der Waals surface area contributed by atoms with E-state index in [1.165, 1.54) is 6.20 Å². The summed E-state index contributed by atoms with van der Waals surface area (Å²) in [6.45, 7) is 2.58. The second kappa shape index (κ2) is 6.49. The molecule has 1 aromatic carbocycles. The fourth-order valence-corrected chi connectivity index (χ4v) is 6.10. The molecule has 0 aliphatic carbocycles. The number of aryl methyl sites for hydroxylation is 1. The predicted octanol–water partition coefficient (Wildman–Crippen LogP) is 2.81. The molecule has 1 fully saturated rings. The number of sulfonamides is 1. The van der Waals surface area contributed by atoms with Gasteiger partial charge in [0.2, 0.25) is 10.0 Å². The lowest BCUT2D eigenvalue weighted by Gasteiger charge is -2.34. The van der Waals surface area contributed by atoms with E-state index >= 15 is 0 Å². The number of aromatic nitrogens is 4. The van der Waals surface area contributed by atoms with E-state index in [1.807, 2.05) is 43.5 Å². The van der Waals surface area contributed by atoms with Crippen LogP contribution < -0.4 is 0 Å². The largest absolute Gasteiger partial charge is 0.272 e. The Bertz CT molecular complexity index is 1130. The Balaban J connectivity index is 1.53. The maximum absolute atomic E-state index is 13.3. The molecular formula is C20H21N5O2S. The van der Waals surface area contributed by atoms with Crippen molar-refractivity contribution in [3.8, 4) is 11.4 Å². The second-order valence-corrected chi connectivity index (χ2v) is 9.12. The Morgan fingerprint density at radius 3 is 2.71 bits per heavy atom. The van der Waals surface area contributed by atoms with Gasteiger partial charge in [0.15, 0.2) is 5.82 Å². The van der Waals surface area contributed by atoms with Crippen LogP contribution in [-0.2, 0) is 23.0 Å². The molecule has 0 radical (unpaired) electrons. The fraction of sp³-hybridized carbons (Fsp3) is 0.350. The van der Waals surface area contributed by atoms with Crippen molar-refractivity contribution < 1.29 is 8.42 Å². The van der Waals surface area contributed by atoms with E-state index in [1.54, 1.807) is 15.2 Å². The van der Waals surface area contributed by atoms with Crippen LogP contribution in [0.1, 0.15) is 37.1 Å². The number of hydrogen-bond acceptors (Lipinski definition) is 5. The van der Waals surface area contributed by atoms with Crippen LogP contribution in [0.2, 0.25) is 0 Å². The lowest BCUT2D eigenvalue weighted by atomic mass is 10.0. The van der Waals surface area contributed by atoms with Crippen molar-refractivity contribution in [3.05, 3.63) is 60.2 Å². The predicted molar refractivity (Wildman–Crippen MR) is 104 cm³/mol. The molecule has 2 aliphatic heterocycles. The van der Waals surface area contributed by atoms with Crippen molar-refractivity contribution in [1.29, 1.82) is 0 Å². The summed E-state index contributed by atoms with van der Waals surface area (Å²) < 4.78 is 29.9. The quantitative estimate of drug-likeness (QED) is 0.679. The average Bonchev–Trinajstić information content (AvgIpc) is 3.33. The molecule has 2 aliphatic rings. The van der Waals surface area contributed by atoms with Crippen molar-refractivity contribution in [2.75, 3.05) is 0 Å². The van der Waals surface area contributed by atoms with E-state index in [4.69, 9.17) is 4.98 Å². The molecule has 0 N–H and O–H groups in total. The lowest BCUT2D eigenvalue weighted by molar-refractivity contribution is 0.300. The summed E-state index contributed by atoms with van der Waals surface area (Å²) in [7, 11) is -3.60. The van der Waals surface area contributed by atoms with Gasteiger partial charge < -0.3 is 0 Å². The smallest absolute Gasteiger partial charge is 0.247 e. The first-order valence-electron chi connectivity index (χ1n) is 9.55. The number of benzene rings is 1. The highest BCUT2D eigenvalue weighted by molar-refractivity contribution is 7.89. The van der Waals surface area contributed by atoms with E-state index in [9.17, 15) is 8.42 Å². The highest BCUT2D eigenvalue weighted by Gasteiger charge is 2.47. The molecule has 7 nitrogen and oxygen atoms in total. The summed E-state index contributed by atoms with van der Waals surface area (Å²) in [6.07, 6.45) is 7.13. The zero-order valence-electron chi connectivity index (χ0n) is 15.6. The van der Waals surface area contributed by atoms with Crippen LogP contribution in [0.4, 0.5) is 0 Å². The summed E-state index contributed by atoms with van der Waals surface area (Å²) in [4.78, 5) is 9.58. The monoisotopic (exact) mass is 395 g/mol. The standard InChI is InChI=1S/C20H21N5O2S/c1-2-24-13-16(11-22-24)28(26,27)25-15-8-9-19(25)17-12-21-20(23-18(17)10-15)14-6-4-3-5-7-14/h3-7,11-13,15,19H,2,8-10H2,1H3. The SMILES string of the molecule is CCn1cc(S(=O)(=O)N2C3CCC2c2cnc(-c4ccccc4)nc2C3)cn1. The van der Waals surface area contributed by atoms with E-state index in [0.29, 0.717) is 18.8 Å². The molecule has 3 aromatic rings. The first kappa shape index (κ1) is 17.5. The number of rotatable bonds is 4. The van der Waals surface area contributed by atoms with Crippen LogP contribution in [0.25, 0.3) is 11.4 Å². The van der Waals surface area contributed by atoms with Gasteiger partial charge in [0, 0.05) is 42.5 Å². The molecule has 0 spiro atoms. The molecule has 1 saturated heterocycles. The molecule has 2 bridgehead atoms. The number of fused-ring (bicyclic) bond motifs is 4. The Morgan fingerprint density at radius 2 is 1.96 bits per heavy atom. The normalized spacial score (nSPS) is 21.6. The summed E-state index contributed by atoms with van der Waals surface area (Å²) in [6, 6.07) is 9.60. The molecule has 4 heterocycles. The Labute approximate surface area is 164 Å². The minimum Gasteiger partial charge on any atom is -0.272 e. The summed E-state index contributed by atoms with van der Waals surface area (Å²) in [5.41, 5.74) is 2.87. The van der Waals surface area contributed by atoms with Crippen LogP contribution in [0, 0.1) is 0 Å². The second-order valence-electron chi connectivity index (χ2n) is 7.28. The van der Waals surface area contributed by atoms with Gasteiger partial charge in [0.05, 0.1) is 17.9 Å². The van der Waals surface area contributed by atoms with Crippen LogP contribution in [-0.4, -0.2) is 38.5 Å². The van der Waals surface area contributed by atoms with Gasteiger partial charge in [-0.15, -0.1) is 0 Å². The molecule has 0 saturated carbocycles. The molecule has 5 rings (SSSR count). The minimum absolute atomic E-state index is 0.0639. The number of nitrogens with zero attached hydrogens (tertiary/aromatic N) is 5. The fourth-order valence-electron chi connectivity index (χ4n) is 4.30. The molecule has 2 aromatic heterocycles. The van der Waals surface area contributed by atoms with Crippen molar-refractivity contribution in [2.24, 2.45) is 0 Å². The zero-order chi connectivity index (χ0) is 19.3. The molecular weight excluding hydrogens is 374 g/mol. The van der Waals surface area contributed by atoms with Gasteiger partial charge in [-0.2, -0.15) is 9.40 Å². The van der Waals surface area contributed by atoms with Gasteiger partial charge in [-0.1, -0.05) is 30.3 Å². The van der Waals surface area contributed by atoms with Gasteiger partial charge >= 0.3 is 0 Å². The third-order valence-electron chi connectivity index (χ3n) is 5.67. The zero-order valence-corrected chi connectivity index (χ0v) is 16.4. The summed E-state index contributed by atoms with van der Waals surface area (Å²) in [5.74, 6) is 0.694. The van der Waals surface area contributed by atoms with Gasteiger partial charge in [-0.25, -0.2) is 18.4 Å². The lowest BCUT2D eigenvalue weighted by Crippen LogP contribution is -2.42. The van der Waals surface area contributed by atoms with E-state index in [0.717, 1.165) is 29.7 Å². The molecule has 8 heteroatoms. The summed E-state index contributed by atoms with van der Waals surface area (Å²) >= 11 is 0. The Morgan fingerprint density at radius 1 is 1.14 bits per heavy atom. The highest BCUT2D eigenvalue weighted by atomic mass is 32.2. The first-order valence-corrected chi connectivity index (χ1v) is 11.0. The van der Waals surface area contributed by atoms with Crippen molar-refractivity contribution in [3.63, 3.8) is 0 Å². The minimum atomic E-state index is -3.60. The van der Waals surface area contributed by atoms with Gasteiger partial charge in [0.25, 0.3) is 0 Å². The average molecular weight is 395 g/mol. The van der Waals surface area contributed by atoms with Gasteiger partial charge in [-0.3, -0.25) is 4.68 Å². The maximum Gasteiger partial charge on any atom is 0.247 e. The Kier molecular flexibility index (Phi) is 4.06. The molecule has 144 valence electrons. The first-order chi connectivity index (χ1) is 13.6. The molecule has 2 atom stereocenters. The summed E-state index contributed by atoms with van der Waals surface area (Å²) in [5, 5.41) is 4.14. The van der Waals surface area contributed by atoms with Crippen molar-refractivity contribution >= 4 is 10.0 Å². The Hall–Kier alpha value is -2.58. The van der Waals surface area contributed by atoms with E-state index in [-0.39, 0.29) is 17.0 Å². The highest BCUT2D eigenvalue weighted by Crippen LogP contribution is 2.46. The third kappa shape index (κ3) is 2.67. The van der Waals surface area contributed by atoms with Gasteiger partial charge in [-0.05, 0) is 19.8 Å². The number of hydrogen-bond donors (Lipinski definition) is 0. The van der Waals surface area contributed by atoms with Crippen molar-refractivity contribution in [1.82, 2.24) is 24.1 Å². The molecule has 2 unspecified atom stereocenters.